The molecule has 0 saturated carbocycles. The Hall–Kier alpha value is -1.26. The van der Waals surface area contributed by atoms with E-state index in [4.69, 9.17) is 9.47 Å². The number of nitrogens with one attached hydrogen (secondary N) is 1. The minimum atomic E-state index is -0.330. The van der Waals surface area contributed by atoms with Gasteiger partial charge < -0.3 is 19.9 Å². The average Bonchev–Trinajstić information content (AvgIpc) is 2.38. The predicted octanol–water partition coefficient (Wildman–Crippen LogP) is 1.91. The first-order valence-electron chi connectivity index (χ1n) is 6.19. The molecule has 0 aliphatic heterocycles. The highest BCUT2D eigenvalue weighted by Crippen LogP contribution is 2.35. The van der Waals surface area contributed by atoms with Gasteiger partial charge in [-0.1, -0.05) is 6.92 Å². The second kappa shape index (κ2) is 6.61. The van der Waals surface area contributed by atoms with E-state index in [0.717, 1.165) is 23.6 Å². The van der Waals surface area contributed by atoms with Crippen molar-refractivity contribution in [2.45, 2.75) is 25.8 Å². The van der Waals surface area contributed by atoms with E-state index in [9.17, 15) is 5.11 Å². The van der Waals surface area contributed by atoms with Gasteiger partial charge in [0.15, 0.2) is 0 Å². The van der Waals surface area contributed by atoms with Crippen LogP contribution in [0.1, 0.15) is 25.8 Å². The van der Waals surface area contributed by atoms with Gasteiger partial charge >= 0.3 is 0 Å². The van der Waals surface area contributed by atoms with Crippen molar-refractivity contribution in [1.82, 2.24) is 5.32 Å². The van der Waals surface area contributed by atoms with Crippen molar-refractivity contribution in [3.8, 4) is 11.5 Å². The zero-order valence-electron chi connectivity index (χ0n) is 11.6. The van der Waals surface area contributed by atoms with Gasteiger partial charge in [0.1, 0.15) is 11.5 Å². The van der Waals surface area contributed by atoms with Crippen molar-refractivity contribution in [3.05, 3.63) is 23.8 Å². The van der Waals surface area contributed by atoms with Crippen LogP contribution < -0.4 is 14.8 Å². The summed E-state index contributed by atoms with van der Waals surface area (Å²) in [5.41, 5.74) is 0.670. The SMILES string of the molecule is CCNC(C)(CCO)c1cc(OC)ccc1OC. The third-order valence-electron chi connectivity index (χ3n) is 3.18. The minimum Gasteiger partial charge on any atom is -0.497 e. The summed E-state index contributed by atoms with van der Waals surface area (Å²) in [4.78, 5) is 0. The van der Waals surface area contributed by atoms with E-state index < -0.39 is 0 Å². The Morgan fingerprint density at radius 3 is 2.50 bits per heavy atom. The van der Waals surface area contributed by atoms with Gasteiger partial charge in [-0.15, -0.1) is 0 Å². The lowest BCUT2D eigenvalue weighted by Crippen LogP contribution is -2.40. The fourth-order valence-corrected chi connectivity index (χ4v) is 2.18. The second-order valence-corrected chi connectivity index (χ2v) is 4.40. The Morgan fingerprint density at radius 1 is 1.28 bits per heavy atom. The zero-order valence-corrected chi connectivity index (χ0v) is 11.6. The molecule has 0 aliphatic rings. The second-order valence-electron chi connectivity index (χ2n) is 4.40. The summed E-state index contributed by atoms with van der Waals surface area (Å²) in [5.74, 6) is 1.58. The number of ether oxygens (including phenoxy) is 2. The Balaban J connectivity index is 3.23. The predicted molar refractivity (Wildman–Crippen MR) is 72.3 cm³/mol. The molecule has 0 heterocycles. The van der Waals surface area contributed by atoms with Crippen LogP contribution in [0.5, 0.6) is 11.5 Å². The summed E-state index contributed by atoms with van der Waals surface area (Å²) in [6, 6.07) is 5.71. The number of methoxy groups -OCH3 is 2. The first kappa shape index (κ1) is 14.8. The number of aliphatic hydroxyl groups is 1. The van der Waals surface area contributed by atoms with Gasteiger partial charge in [0.25, 0.3) is 0 Å². The van der Waals surface area contributed by atoms with Gasteiger partial charge in [0.2, 0.25) is 0 Å². The molecule has 1 aromatic rings. The smallest absolute Gasteiger partial charge is 0.124 e. The van der Waals surface area contributed by atoms with Gasteiger partial charge in [0.05, 0.1) is 14.2 Å². The van der Waals surface area contributed by atoms with Crippen molar-refractivity contribution in [3.63, 3.8) is 0 Å². The third-order valence-corrected chi connectivity index (χ3v) is 3.18. The van der Waals surface area contributed by atoms with Crippen molar-refractivity contribution in [2.75, 3.05) is 27.4 Å². The molecule has 1 rings (SSSR count). The maximum atomic E-state index is 9.27. The quantitative estimate of drug-likeness (QED) is 0.779. The zero-order chi connectivity index (χ0) is 13.6. The molecule has 0 fully saturated rings. The van der Waals surface area contributed by atoms with Gasteiger partial charge in [-0.3, -0.25) is 0 Å². The lowest BCUT2D eigenvalue weighted by molar-refractivity contribution is 0.219. The monoisotopic (exact) mass is 253 g/mol. The molecule has 102 valence electrons. The standard InChI is InChI=1S/C14H23NO3/c1-5-15-14(2,8-9-16)12-10-11(17-3)6-7-13(12)18-4/h6-7,10,15-16H,5,8-9H2,1-4H3. The van der Waals surface area contributed by atoms with Crippen LogP contribution in [0.3, 0.4) is 0 Å². The van der Waals surface area contributed by atoms with Gasteiger partial charge in [-0.05, 0) is 38.1 Å². The maximum absolute atomic E-state index is 9.27. The highest BCUT2D eigenvalue weighted by Gasteiger charge is 2.28. The van der Waals surface area contributed by atoms with Gasteiger partial charge in [-0.25, -0.2) is 0 Å². The summed E-state index contributed by atoms with van der Waals surface area (Å²) in [7, 11) is 3.29. The largest absolute Gasteiger partial charge is 0.497 e. The fourth-order valence-electron chi connectivity index (χ4n) is 2.18. The first-order chi connectivity index (χ1) is 8.61. The molecule has 0 aliphatic carbocycles. The van der Waals surface area contributed by atoms with Crippen LogP contribution in [0.25, 0.3) is 0 Å². The molecule has 0 aromatic heterocycles. The molecule has 18 heavy (non-hydrogen) atoms. The van der Waals surface area contributed by atoms with E-state index in [1.807, 2.05) is 25.1 Å². The Kier molecular flexibility index (Phi) is 5.44. The van der Waals surface area contributed by atoms with Crippen LogP contribution in [0.2, 0.25) is 0 Å². The highest BCUT2D eigenvalue weighted by molar-refractivity contribution is 5.44. The minimum absolute atomic E-state index is 0.115. The topological polar surface area (TPSA) is 50.7 Å². The molecular weight excluding hydrogens is 230 g/mol. The molecule has 1 atom stereocenters. The molecule has 4 nitrogen and oxygen atoms in total. The van der Waals surface area contributed by atoms with E-state index in [1.54, 1.807) is 14.2 Å². The van der Waals surface area contributed by atoms with Crippen LogP contribution in [-0.4, -0.2) is 32.5 Å². The number of aliphatic hydroxyl groups excluding tert-OH is 1. The van der Waals surface area contributed by atoms with E-state index in [2.05, 4.69) is 12.2 Å². The summed E-state index contributed by atoms with van der Waals surface area (Å²) < 4.78 is 10.7. The normalized spacial score (nSPS) is 14.1. The molecule has 0 bridgehead atoms. The average molecular weight is 253 g/mol. The summed E-state index contributed by atoms with van der Waals surface area (Å²) in [5, 5.41) is 12.7. The van der Waals surface area contributed by atoms with Crippen molar-refractivity contribution < 1.29 is 14.6 Å². The summed E-state index contributed by atoms with van der Waals surface area (Å²) in [6.07, 6.45) is 0.615. The molecule has 0 spiro atoms. The van der Waals surface area contributed by atoms with E-state index in [1.165, 1.54) is 0 Å². The molecule has 4 heteroatoms. The fraction of sp³-hybridized carbons (Fsp3) is 0.571. The molecular formula is C14H23NO3. The van der Waals surface area contributed by atoms with Crippen LogP contribution in [0, 0.1) is 0 Å². The number of hydrogen-bond donors (Lipinski definition) is 2. The van der Waals surface area contributed by atoms with E-state index in [0.29, 0.717) is 6.42 Å². The lowest BCUT2D eigenvalue weighted by Gasteiger charge is -2.32. The summed E-state index contributed by atoms with van der Waals surface area (Å²) in [6.45, 7) is 5.03. The molecule has 0 radical (unpaired) electrons. The molecule has 1 unspecified atom stereocenters. The van der Waals surface area contributed by atoms with Crippen molar-refractivity contribution >= 4 is 0 Å². The van der Waals surface area contributed by atoms with E-state index >= 15 is 0 Å². The molecule has 1 aromatic carbocycles. The number of rotatable bonds is 7. The Labute approximate surface area is 109 Å². The Bertz CT molecular complexity index is 373. The maximum Gasteiger partial charge on any atom is 0.124 e. The highest BCUT2D eigenvalue weighted by atomic mass is 16.5. The lowest BCUT2D eigenvalue weighted by atomic mass is 9.87. The van der Waals surface area contributed by atoms with Gasteiger partial charge in [-0.2, -0.15) is 0 Å². The van der Waals surface area contributed by atoms with Crippen LogP contribution in [0.15, 0.2) is 18.2 Å². The number of hydrogen-bond acceptors (Lipinski definition) is 4. The van der Waals surface area contributed by atoms with Gasteiger partial charge in [0, 0.05) is 17.7 Å². The van der Waals surface area contributed by atoms with Crippen molar-refractivity contribution in [2.24, 2.45) is 0 Å². The van der Waals surface area contributed by atoms with Crippen molar-refractivity contribution in [1.29, 1.82) is 0 Å². The Morgan fingerprint density at radius 2 is 2.00 bits per heavy atom. The molecule has 0 amide bonds. The molecule has 2 N–H and O–H groups in total. The third kappa shape index (κ3) is 3.15. The van der Waals surface area contributed by atoms with Crippen LogP contribution in [0.4, 0.5) is 0 Å². The van der Waals surface area contributed by atoms with Crippen LogP contribution >= 0.6 is 0 Å². The summed E-state index contributed by atoms with van der Waals surface area (Å²) >= 11 is 0. The number of benzene rings is 1. The first-order valence-corrected chi connectivity index (χ1v) is 6.19. The van der Waals surface area contributed by atoms with Crippen LogP contribution in [-0.2, 0) is 5.54 Å². The molecule has 0 saturated heterocycles. The van der Waals surface area contributed by atoms with E-state index in [-0.39, 0.29) is 12.1 Å².